The summed E-state index contributed by atoms with van der Waals surface area (Å²) in [6, 6.07) is -7.54. The molecule has 1 aliphatic rings. The Kier molecular flexibility index (Phi) is 38.2. The number of hydrogen-bond donors (Lipinski definition) is 21. The van der Waals surface area contributed by atoms with Gasteiger partial charge in [0.05, 0.1) is 38.8 Å². The maximum Gasteiger partial charge on any atom is 0.329 e. The number of esters is 1. The van der Waals surface area contributed by atoms with Crippen molar-refractivity contribution >= 4 is 134 Å². The molecule has 0 aliphatic carbocycles. The van der Waals surface area contributed by atoms with Crippen molar-refractivity contribution in [3.05, 3.63) is 72.1 Å². The maximum atomic E-state index is 14.9. The number of carboxylic acids is 4. The lowest BCUT2D eigenvalue weighted by atomic mass is 9.99. The number of unbranched alkanes of at least 4 members (excludes halogenated alkanes) is 5. The van der Waals surface area contributed by atoms with Crippen LogP contribution in [0.25, 0.3) is 21.8 Å². The number of carbonyl (C=O) groups excluding carboxylic acids is 15. The van der Waals surface area contributed by atoms with Crippen molar-refractivity contribution in [2.45, 2.75) is 229 Å². The van der Waals surface area contributed by atoms with Crippen molar-refractivity contribution in [1.82, 2.24) is 79.1 Å². The Bertz CT molecular complexity index is 4200. The Morgan fingerprint density at radius 3 is 1.57 bits per heavy atom. The first-order valence-corrected chi connectivity index (χ1v) is 38.0. The number of aromatic nitrogens is 2. The van der Waals surface area contributed by atoms with Crippen molar-refractivity contribution in [2.24, 2.45) is 17.4 Å². The number of rotatable bonds is 35. The molecule has 41 heteroatoms. The molecule has 0 spiro atoms. The van der Waals surface area contributed by atoms with E-state index in [0.717, 1.165) is 59.3 Å². The minimum atomic E-state index is -2.33. The third-order valence-corrected chi connectivity index (χ3v) is 18.9. The third kappa shape index (κ3) is 31.8. The van der Waals surface area contributed by atoms with Gasteiger partial charge in [0.15, 0.2) is 0 Å². The number of carboxylic acid groups (broad SMARTS) is 4. The molecule has 2 aromatic carbocycles. The Morgan fingerprint density at radius 1 is 0.500 bits per heavy atom. The lowest BCUT2D eigenvalue weighted by Gasteiger charge is -2.29. The summed E-state index contributed by atoms with van der Waals surface area (Å²) in [4.78, 5) is 265. The van der Waals surface area contributed by atoms with E-state index in [9.17, 15) is 112 Å². The maximum absolute atomic E-state index is 14.9. The number of nitrogens with two attached hydrogens (primary N) is 2. The predicted molar refractivity (Wildman–Crippen MR) is 410 cm³/mol. The van der Waals surface area contributed by atoms with Crippen LogP contribution in [-0.2, 0) is 109 Å². The highest BCUT2D eigenvalue weighted by atomic mass is 16.5. The highest BCUT2D eigenvalue weighted by Gasteiger charge is 2.40. The first-order valence-electron chi connectivity index (χ1n) is 38.0. The van der Waals surface area contributed by atoms with Crippen LogP contribution in [0.4, 0.5) is 0 Å². The van der Waals surface area contributed by atoms with Crippen LogP contribution in [0, 0.1) is 5.92 Å². The Labute approximate surface area is 665 Å². The summed E-state index contributed by atoms with van der Waals surface area (Å²) in [6.07, 6.45) is 0.981. The van der Waals surface area contributed by atoms with Crippen molar-refractivity contribution in [3.8, 4) is 0 Å². The van der Waals surface area contributed by atoms with Crippen molar-refractivity contribution in [3.63, 3.8) is 0 Å². The zero-order valence-electron chi connectivity index (χ0n) is 64.9. The van der Waals surface area contributed by atoms with Crippen LogP contribution in [0.2, 0.25) is 0 Å². The van der Waals surface area contributed by atoms with Crippen LogP contribution >= 0.6 is 0 Å². The van der Waals surface area contributed by atoms with Crippen LogP contribution in [0.15, 0.2) is 60.9 Å². The minimum absolute atomic E-state index is 0.00288. The summed E-state index contributed by atoms with van der Waals surface area (Å²) in [7, 11) is 0. The molecular weight excluding hydrogens is 1520 g/mol. The molecule has 116 heavy (non-hydrogen) atoms. The van der Waals surface area contributed by atoms with Gasteiger partial charge in [0.2, 0.25) is 82.7 Å². The van der Waals surface area contributed by atoms with Gasteiger partial charge in [0, 0.05) is 59.9 Å². The number of carbonyl (C=O) groups is 19. The van der Waals surface area contributed by atoms with Gasteiger partial charge in [-0.1, -0.05) is 95.2 Å². The van der Waals surface area contributed by atoms with Crippen LogP contribution < -0.4 is 80.6 Å². The van der Waals surface area contributed by atoms with E-state index in [1.54, 1.807) is 54.7 Å². The van der Waals surface area contributed by atoms with Crippen molar-refractivity contribution in [1.29, 1.82) is 0 Å². The smallest absolute Gasteiger partial charge is 0.329 e. The van der Waals surface area contributed by atoms with Crippen LogP contribution in [0.1, 0.15) is 155 Å². The molecule has 634 valence electrons. The monoisotopic (exact) mass is 1630 g/mol. The molecule has 0 bridgehead atoms. The molecule has 41 nitrogen and oxygen atoms in total. The molecule has 0 radical (unpaired) electrons. The van der Waals surface area contributed by atoms with Crippen molar-refractivity contribution < 1.29 is 116 Å². The fraction of sp³-hybridized carbons (Fsp3) is 0.533. The summed E-state index contributed by atoms with van der Waals surface area (Å²) in [5, 5.41) is 69.9. The predicted octanol–water partition coefficient (Wildman–Crippen LogP) is -2.95. The van der Waals surface area contributed by atoms with Crippen LogP contribution in [-0.4, -0.2) is 235 Å². The molecule has 3 heterocycles. The number of cyclic esters (lactones) is 1. The third-order valence-electron chi connectivity index (χ3n) is 18.9. The number of ether oxygens (including phenoxy) is 1. The number of nitrogens with one attached hydrogen (secondary N) is 15. The average molecular weight is 1630 g/mol. The summed E-state index contributed by atoms with van der Waals surface area (Å²) >= 11 is 0. The second-order valence-electron chi connectivity index (χ2n) is 28.3. The number of fused-ring (bicyclic) bond motifs is 2. The minimum Gasteiger partial charge on any atom is -0.481 e. The number of amides is 14. The highest BCUT2D eigenvalue weighted by molar-refractivity contribution is 6.02. The molecule has 13 atom stereocenters. The number of para-hydroxylation sites is 2. The van der Waals surface area contributed by atoms with Crippen LogP contribution in [0.5, 0.6) is 0 Å². The molecule has 14 amide bonds. The Hall–Kier alpha value is -12.6. The summed E-state index contributed by atoms with van der Waals surface area (Å²) in [5.74, 6) is -24.7. The van der Waals surface area contributed by atoms with Gasteiger partial charge >= 0.3 is 29.8 Å². The lowest BCUT2D eigenvalue weighted by molar-refractivity contribution is -0.156. The van der Waals surface area contributed by atoms with Crippen LogP contribution in [0.3, 0.4) is 0 Å². The summed E-state index contributed by atoms with van der Waals surface area (Å²) in [6.45, 7) is 5.09. The average Bonchev–Trinajstić information content (AvgIpc) is 1.68. The first-order chi connectivity index (χ1) is 55.0. The second-order valence-corrected chi connectivity index (χ2v) is 28.3. The molecule has 1 saturated heterocycles. The fourth-order valence-electron chi connectivity index (χ4n) is 12.3. The molecule has 1 fully saturated rings. The normalized spacial score (nSPS) is 21.2. The number of H-pyrrole nitrogens is 2. The van der Waals surface area contributed by atoms with E-state index < -0.39 is 243 Å². The zero-order chi connectivity index (χ0) is 85.9. The fourth-order valence-corrected chi connectivity index (χ4v) is 12.3. The summed E-state index contributed by atoms with van der Waals surface area (Å²) in [5.41, 5.74) is 13.4. The molecular formula is C75H105N17O24. The largest absolute Gasteiger partial charge is 0.481 e. The van der Waals surface area contributed by atoms with Gasteiger partial charge in [-0.15, -0.1) is 0 Å². The molecule has 2 aromatic heterocycles. The number of aliphatic carboxylic acids is 4. The zero-order valence-corrected chi connectivity index (χ0v) is 64.9. The number of benzene rings is 2. The standard InChI is InChI=1S/C75H105N17O24/c1-6-38(2)18-11-9-7-8-10-12-24-57(94)85-50(28-42-34-78-46-21-15-13-19-44(42)46)71(111)88-51(30-56(77)93)72(112)90-54(33-63(103)104)73(113)92-64-41(5)116-75(115)55(29-43-35-79-47-22-16-14-20-45(43)47)91-69(109)49(25-26-60(97)98)86-65(105)39(3)82-58(95)36-80-67(107)52(31-61(99)100)87-66(106)40(4)83-70(110)53(32-62(101)102)89-68(108)48(23-17-27-76)84-59(96)37-81-74(64)114/h13-16,19-22,34-35,38-41,48-55,64,78-79H,6-12,17-18,23-33,36-37,76H2,1-5H3,(H2,77,93)(H,80,107)(H,81,114)(H,82,95)(H,83,110)(H,84,96)(H,85,94)(H,86,105)(H,87,106)(H,88,111)(H,89,108)(H,90,112)(H,91,109)(H,92,113)(H,97,98)(H,99,100)(H,101,102)(H,103,104). The van der Waals surface area contributed by atoms with E-state index in [1.807, 2.05) is 0 Å². The SMILES string of the molecule is CCC(C)CCCCCCCCC(=O)NC(Cc1c[nH]c2ccccc12)C(=O)NC(CC(N)=O)C(=O)NC(CC(=O)O)C(=O)NC1C(=O)NCC(=O)NC(CCCN)C(=O)NC(CC(=O)O)C(=O)NC(C)C(=O)NC(CC(=O)O)C(=O)NCC(=O)NC(C)C(=O)NC(CCC(=O)O)C(=O)NC(Cc2c[nH]c3ccccc23)C(=O)OC1C. The number of primary amides is 1. The Morgan fingerprint density at radius 2 is 0.991 bits per heavy atom. The van der Waals surface area contributed by atoms with E-state index >= 15 is 0 Å². The van der Waals surface area contributed by atoms with Gasteiger partial charge in [-0.05, 0) is 82.2 Å². The number of hydrogen-bond acceptors (Lipinski definition) is 21. The quantitative estimate of drug-likeness (QED) is 0.0162. The molecule has 23 N–H and O–H groups in total. The summed E-state index contributed by atoms with van der Waals surface area (Å²) < 4.78 is 5.85. The van der Waals surface area contributed by atoms with E-state index in [4.69, 9.17) is 16.2 Å². The molecule has 13 unspecified atom stereocenters. The Balaban J connectivity index is 1.55. The first kappa shape index (κ1) is 94.0. The molecule has 4 aromatic rings. The van der Waals surface area contributed by atoms with Crippen molar-refractivity contribution in [2.75, 3.05) is 19.6 Å². The van der Waals surface area contributed by atoms with E-state index in [1.165, 1.54) is 6.20 Å². The van der Waals surface area contributed by atoms with Gasteiger partial charge in [-0.25, -0.2) is 4.79 Å². The van der Waals surface area contributed by atoms with Gasteiger partial charge in [-0.3, -0.25) is 86.3 Å². The van der Waals surface area contributed by atoms with Gasteiger partial charge in [-0.2, -0.15) is 0 Å². The molecule has 1 aliphatic heterocycles. The molecule has 0 saturated carbocycles. The van der Waals surface area contributed by atoms with Gasteiger partial charge in [0.1, 0.15) is 72.6 Å². The topological polar surface area (TPSA) is 654 Å². The molecule has 5 rings (SSSR count). The lowest BCUT2D eigenvalue weighted by Crippen LogP contribution is -2.61. The van der Waals surface area contributed by atoms with E-state index in [-0.39, 0.29) is 32.2 Å². The van der Waals surface area contributed by atoms with E-state index in [0.29, 0.717) is 51.7 Å². The van der Waals surface area contributed by atoms with E-state index in [2.05, 4.69) is 92.9 Å². The second kappa shape index (κ2) is 47.2. The van der Waals surface area contributed by atoms with Gasteiger partial charge < -0.3 is 116 Å². The highest BCUT2D eigenvalue weighted by Crippen LogP contribution is 2.23. The number of aromatic amines is 2. The van der Waals surface area contributed by atoms with Gasteiger partial charge in [0.25, 0.3) is 0 Å².